The van der Waals surface area contributed by atoms with Crippen molar-refractivity contribution >= 4 is 22.0 Å². The molecule has 1 aromatic carbocycles. The molecule has 2 rings (SSSR count). The van der Waals surface area contributed by atoms with Gasteiger partial charge in [-0.05, 0) is 36.5 Å². The van der Waals surface area contributed by atoms with Crippen LogP contribution >= 0.6 is 15.9 Å². The van der Waals surface area contributed by atoms with Gasteiger partial charge < -0.3 is 4.74 Å². The van der Waals surface area contributed by atoms with Gasteiger partial charge in [0.2, 0.25) is 6.08 Å². The van der Waals surface area contributed by atoms with Crippen LogP contribution in [0.3, 0.4) is 0 Å². The van der Waals surface area contributed by atoms with E-state index in [1.165, 1.54) is 0 Å². The molecule has 0 N–H and O–H groups in total. The summed E-state index contributed by atoms with van der Waals surface area (Å²) in [6.45, 7) is 4.25. The van der Waals surface area contributed by atoms with Crippen LogP contribution in [0.15, 0.2) is 21.6 Å². The van der Waals surface area contributed by atoms with Crippen molar-refractivity contribution in [3.63, 3.8) is 0 Å². The number of nitrogens with zero attached hydrogens (tertiary/aromatic N) is 1. The third-order valence-electron chi connectivity index (χ3n) is 3.41. The Morgan fingerprint density at radius 1 is 1.44 bits per heavy atom. The molecule has 0 unspecified atom stereocenters. The number of hydrogen-bond acceptors (Lipinski definition) is 3. The van der Waals surface area contributed by atoms with E-state index in [1.54, 1.807) is 13.2 Å². The molecule has 0 aromatic heterocycles. The molecule has 0 radical (unpaired) electrons. The largest absolute Gasteiger partial charge is 0.496 e. The lowest BCUT2D eigenvalue weighted by molar-refractivity contribution is 0.406. The van der Waals surface area contributed by atoms with Gasteiger partial charge in [-0.2, -0.15) is 4.99 Å². The maximum absolute atomic E-state index is 10.5. The highest BCUT2D eigenvalue weighted by Gasteiger charge is 2.45. The van der Waals surface area contributed by atoms with Crippen LogP contribution in [-0.2, 0) is 10.3 Å². The van der Waals surface area contributed by atoms with E-state index < -0.39 is 0 Å². The number of aliphatic imine (C=N–C) groups is 1. The van der Waals surface area contributed by atoms with Gasteiger partial charge in [0, 0.05) is 10.0 Å². The number of carbonyl (C=O) groups excluding carboxylic acids is 1. The van der Waals surface area contributed by atoms with Gasteiger partial charge in [0.15, 0.2) is 0 Å². The zero-order valence-corrected chi connectivity index (χ0v) is 12.4. The van der Waals surface area contributed by atoms with E-state index in [0.29, 0.717) is 5.92 Å². The molecular weight excluding hydrogens is 294 g/mol. The summed E-state index contributed by atoms with van der Waals surface area (Å²) in [4.78, 5) is 14.5. The Labute approximate surface area is 115 Å². The maximum atomic E-state index is 10.5. The van der Waals surface area contributed by atoms with Crippen molar-refractivity contribution in [2.24, 2.45) is 4.99 Å². The number of isocyanates is 1. The van der Waals surface area contributed by atoms with Crippen LogP contribution in [0.4, 0.5) is 0 Å². The van der Waals surface area contributed by atoms with Gasteiger partial charge in [0.1, 0.15) is 5.75 Å². The van der Waals surface area contributed by atoms with Crippen LogP contribution in [-0.4, -0.2) is 13.2 Å². The molecule has 1 saturated carbocycles. The van der Waals surface area contributed by atoms with Crippen molar-refractivity contribution in [3.8, 4) is 5.75 Å². The summed E-state index contributed by atoms with van der Waals surface area (Å²) in [6.07, 6.45) is 3.49. The predicted octanol–water partition coefficient (Wildman–Crippen LogP) is 3.91. The monoisotopic (exact) mass is 309 g/mol. The number of methoxy groups -OCH3 is 1. The molecule has 96 valence electrons. The lowest BCUT2D eigenvalue weighted by Gasteiger charge is -2.18. The molecule has 18 heavy (non-hydrogen) atoms. The number of ether oxygens (including phenoxy) is 1. The molecule has 0 bridgehead atoms. The SMILES string of the molecule is COc1cc(C2(N=C=O)CC2)cc(Br)c1C(C)C. The van der Waals surface area contributed by atoms with Crippen LogP contribution in [0.2, 0.25) is 0 Å². The molecule has 0 spiro atoms. The Morgan fingerprint density at radius 3 is 2.56 bits per heavy atom. The Kier molecular flexibility index (Phi) is 3.60. The quantitative estimate of drug-likeness (QED) is 0.625. The zero-order valence-electron chi connectivity index (χ0n) is 10.8. The van der Waals surface area contributed by atoms with Crippen LogP contribution in [0.1, 0.15) is 43.7 Å². The van der Waals surface area contributed by atoms with Gasteiger partial charge in [-0.1, -0.05) is 29.8 Å². The van der Waals surface area contributed by atoms with Crippen LogP contribution in [0, 0.1) is 0 Å². The molecule has 3 nitrogen and oxygen atoms in total. The average Bonchev–Trinajstić information content (AvgIpc) is 3.08. The third-order valence-corrected chi connectivity index (χ3v) is 4.07. The van der Waals surface area contributed by atoms with Gasteiger partial charge in [0.05, 0.1) is 12.6 Å². The van der Waals surface area contributed by atoms with E-state index >= 15 is 0 Å². The highest BCUT2D eigenvalue weighted by Crippen LogP contribution is 2.51. The van der Waals surface area contributed by atoms with E-state index in [2.05, 4.69) is 34.8 Å². The van der Waals surface area contributed by atoms with Gasteiger partial charge in [-0.25, -0.2) is 4.79 Å². The van der Waals surface area contributed by atoms with Crippen molar-refractivity contribution in [2.45, 2.75) is 38.1 Å². The maximum Gasteiger partial charge on any atom is 0.235 e. The molecular formula is C14H16BrNO2. The standard InChI is InChI=1S/C14H16BrNO2/c1-9(2)13-11(15)6-10(7-12(13)18-3)14(4-5-14)16-8-17/h6-7,9H,4-5H2,1-3H3. The minimum Gasteiger partial charge on any atom is -0.496 e. The minimum atomic E-state index is -0.354. The Hall–Kier alpha value is -1.12. The fraction of sp³-hybridized carbons (Fsp3) is 0.500. The van der Waals surface area contributed by atoms with Crippen molar-refractivity contribution < 1.29 is 9.53 Å². The first-order chi connectivity index (χ1) is 8.54. The van der Waals surface area contributed by atoms with E-state index in [0.717, 1.165) is 34.2 Å². The van der Waals surface area contributed by atoms with E-state index in [9.17, 15) is 4.79 Å². The number of benzene rings is 1. The van der Waals surface area contributed by atoms with Crippen molar-refractivity contribution in [1.82, 2.24) is 0 Å². The molecule has 0 saturated heterocycles. The second kappa shape index (κ2) is 4.87. The second-order valence-corrected chi connectivity index (χ2v) is 5.82. The Bertz CT molecular complexity index is 515. The lowest BCUT2D eigenvalue weighted by Crippen LogP contribution is -2.05. The first-order valence-corrected chi connectivity index (χ1v) is 6.80. The molecule has 1 aliphatic rings. The van der Waals surface area contributed by atoms with Gasteiger partial charge in [-0.15, -0.1) is 0 Å². The number of hydrogen-bond donors (Lipinski definition) is 0. The van der Waals surface area contributed by atoms with Crippen LogP contribution in [0.25, 0.3) is 0 Å². The van der Waals surface area contributed by atoms with E-state index in [1.807, 2.05) is 12.1 Å². The van der Waals surface area contributed by atoms with Crippen LogP contribution in [0.5, 0.6) is 5.75 Å². The zero-order chi connectivity index (χ0) is 13.3. The highest BCUT2D eigenvalue weighted by molar-refractivity contribution is 9.10. The van der Waals surface area contributed by atoms with Crippen molar-refractivity contribution in [2.75, 3.05) is 7.11 Å². The van der Waals surface area contributed by atoms with Crippen molar-refractivity contribution in [1.29, 1.82) is 0 Å². The Morgan fingerprint density at radius 2 is 2.11 bits per heavy atom. The topological polar surface area (TPSA) is 38.7 Å². The molecule has 0 aliphatic heterocycles. The van der Waals surface area contributed by atoms with E-state index in [-0.39, 0.29) is 5.54 Å². The summed E-state index contributed by atoms with van der Waals surface area (Å²) < 4.78 is 6.47. The predicted molar refractivity (Wildman–Crippen MR) is 73.8 cm³/mol. The summed E-state index contributed by atoms with van der Waals surface area (Å²) in [6, 6.07) is 4.04. The summed E-state index contributed by atoms with van der Waals surface area (Å²) in [5.41, 5.74) is 1.82. The van der Waals surface area contributed by atoms with Gasteiger partial charge in [-0.3, -0.25) is 0 Å². The summed E-state index contributed by atoms with van der Waals surface area (Å²) >= 11 is 3.59. The first-order valence-electron chi connectivity index (χ1n) is 6.01. The summed E-state index contributed by atoms with van der Waals surface area (Å²) in [5, 5.41) is 0. The number of rotatable bonds is 4. The van der Waals surface area contributed by atoms with E-state index in [4.69, 9.17) is 4.74 Å². The molecule has 1 fully saturated rings. The normalized spacial score (nSPS) is 16.3. The summed E-state index contributed by atoms with van der Waals surface area (Å²) in [5.74, 6) is 1.22. The van der Waals surface area contributed by atoms with Gasteiger partial charge >= 0.3 is 0 Å². The first kappa shape index (κ1) is 13.3. The number of halogens is 1. The molecule has 1 aromatic rings. The summed E-state index contributed by atoms with van der Waals surface area (Å²) in [7, 11) is 1.67. The second-order valence-electron chi connectivity index (χ2n) is 4.96. The van der Waals surface area contributed by atoms with Crippen molar-refractivity contribution in [3.05, 3.63) is 27.7 Å². The molecule has 1 aliphatic carbocycles. The smallest absolute Gasteiger partial charge is 0.235 e. The van der Waals surface area contributed by atoms with Crippen LogP contribution < -0.4 is 4.74 Å². The molecule has 0 amide bonds. The fourth-order valence-corrected chi connectivity index (χ4v) is 3.16. The lowest BCUT2D eigenvalue weighted by atomic mass is 9.97. The molecule has 0 atom stereocenters. The third kappa shape index (κ3) is 2.23. The van der Waals surface area contributed by atoms with Gasteiger partial charge in [0.25, 0.3) is 0 Å². The average molecular weight is 310 g/mol. The highest BCUT2D eigenvalue weighted by atomic mass is 79.9. The Balaban J connectivity index is 2.53. The fourth-order valence-electron chi connectivity index (χ4n) is 2.26. The molecule has 0 heterocycles. The minimum absolute atomic E-state index is 0.354. The molecule has 4 heteroatoms.